The van der Waals surface area contributed by atoms with Crippen LogP contribution < -0.4 is 4.74 Å². The van der Waals surface area contributed by atoms with Crippen molar-refractivity contribution < 1.29 is 4.74 Å². The summed E-state index contributed by atoms with van der Waals surface area (Å²) in [6.07, 6.45) is 1.81. The Morgan fingerprint density at radius 3 is 2.95 bits per heavy atom. The molecule has 0 atom stereocenters. The maximum atomic E-state index is 5.65. The van der Waals surface area contributed by atoms with Gasteiger partial charge >= 0.3 is 6.01 Å². The average Bonchev–Trinajstić information content (AvgIpc) is 2.48. The summed E-state index contributed by atoms with van der Waals surface area (Å²) in [6, 6.07) is 8.42. The molecule has 1 aromatic carbocycles. The van der Waals surface area contributed by atoms with Gasteiger partial charge in [-0.2, -0.15) is 16.7 Å². The van der Waals surface area contributed by atoms with Gasteiger partial charge in [-0.1, -0.05) is 18.2 Å². The van der Waals surface area contributed by atoms with Crippen molar-refractivity contribution in [2.24, 2.45) is 0 Å². The van der Waals surface area contributed by atoms with Crippen molar-refractivity contribution >= 4 is 22.7 Å². The molecule has 1 fully saturated rings. The van der Waals surface area contributed by atoms with Gasteiger partial charge in [-0.25, -0.2) is 4.98 Å². The highest BCUT2D eigenvalue weighted by atomic mass is 32.2. The van der Waals surface area contributed by atoms with E-state index < -0.39 is 0 Å². The highest BCUT2D eigenvalue weighted by Gasteiger charge is 2.10. The molecule has 0 radical (unpaired) electrons. The number of nitrogens with zero attached hydrogens (tertiary/aromatic N) is 3. The van der Waals surface area contributed by atoms with Crippen molar-refractivity contribution in [1.82, 2.24) is 14.9 Å². The van der Waals surface area contributed by atoms with Crippen LogP contribution >= 0.6 is 11.8 Å². The molecule has 0 saturated carbocycles. The largest absolute Gasteiger partial charge is 0.462 e. The Morgan fingerprint density at radius 2 is 2.05 bits per heavy atom. The topological polar surface area (TPSA) is 38.2 Å². The van der Waals surface area contributed by atoms with Crippen LogP contribution in [0.15, 0.2) is 30.5 Å². The third-order valence-corrected chi connectivity index (χ3v) is 4.15. The minimum atomic E-state index is 0.477. The summed E-state index contributed by atoms with van der Waals surface area (Å²) in [5.74, 6) is 2.46. The second-order valence-electron chi connectivity index (χ2n) is 4.51. The minimum Gasteiger partial charge on any atom is -0.462 e. The van der Waals surface area contributed by atoms with Gasteiger partial charge in [0.1, 0.15) is 6.61 Å². The first kappa shape index (κ1) is 12.7. The molecule has 0 unspecified atom stereocenters. The zero-order chi connectivity index (χ0) is 12.9. The molecule has 0 bridgehead atoms. The predicted molar refractivity (Wildman–Crippen MR) is 78.8 cm³/mol. The lowest BCUT2D eigenvalue weighted by atomic mass is 10.2. The van der Waals surface area contributed by atoms with Gasteiger partial charge in [0, 0.05) is 42.7 Å². The van der Waals surface area contributed by atoms with Crippen molar-refractivity contribution in [1.29, 1.82) is 0 Å². The summed E-state index contributed by atoms with van der Waals surface area (Å²) >= 11 is 2.02. The molecule has 0 amide bonds. The first-order valence-corrected chi connectivity index (χ1v) is 7.72. The van der Waals surface area contributed by atoms with E-state index in [1.807, 2.05) is 42.2 Å². The van der Waals surface area contributed by atoms with E-state index in [0.717, 1.165) is 30.5 Å². The van der Waals surface area contributed by atoms with Crippen molar-refractivity contribution in [2.75, 3.05) is 37.7 Å². The molecule has 1 aromatic heterocycles. The Labute approximate surface area is 117 Å². The Morgan fingerprint density at radius 1 is 1.21 bits per heavy atom. The molecule has 2 aromatic rings. The molecule has 0 spiro atoms. The predicted octanol–water partition coefficient (Wildman–Crippen LogP) is 2.06. The number of ether oxygens (including phenoxy) is 1. The number of para-hydroxylation sites is 1. The fraction of sp³-hybridized carbons (Fsp3) is 0.429. The van der Waals surface area contributed by atoms with Gasteiger partial charge in [0.2, 0.25) is 0 Å². The Balaban J connectivity index is 1.56. The summed E-state index contributed by atoms with van der Waals surface area (Å²) in [5.41, 5.74) is 0.932. The third-order valence-electron chi connectivity index (χ3n) is 3.21. The van der Waals surface area contributed by atoms with Crippen LogP contribution in [0.4, 0.5) is 0 Å². The quantitative estimate of drug-likeness (QED) is 0.854. The Kier molecular flexibility index (Phi) is 4.15. The number of hydrogen-bond donors (Lipinski definition) is 0. The highest BCUT2D eigenvalue weighted by Crippen LogP contribution is 2.13. The molecule has 0 aliphatic carbocycles. The maximum Gasteiger partial charge on any atom is 0.316 e. The van der Waals surface area contributed by atoms with Gasteiger partial charge in [-0.05, 0) is 6.07 Å². The average molecular weight is 275 g/mol. The van der Waals surface area contributed by atoms with E-state index in [1.165, 1.54) is 11.5 Å². The van der Waals surface area contributed by atoms with Crippen molar-refractivity contribution in [3.05, 3.63) is 30.5 Å². The highest BCUT2D eigenvalue weighted by molar-refractivity contribution is 7.99. The van der Waals surface area contributed by atoms with Gasteiger partial charge in [0.05, 0.1) is 5.52 Å². The number of rotatable bonds is 4. The summed E-state index contributed by atoms with van der Waals surface area (Å²) in [6.45, 7) is 3.93. The number of hydrogen-bond acceptors (Lipinski definition) is 5. The first-order valence-electron chi connectivity index (χ1n) is 6.56. The molecule has 5 heteroatoms. The van der Waals surface area contributed by atoms with Crippen molar-refractivity contribution in [2.45, 2.75) is 0 Å². The van der Waals surface area contributed by atoms with Crippen LogP contribution in [-0.2, 0) is 0 Å². The van der Waals surface area contributed by atoms with E-state index in [1.54, 1.807) is 0 Å². The molecule has 1 aliphatic heterocycles. The summed E-state index contributed by atoms with van der Waals surface area (Å²) in [5, 5.41) is 1.04. The fourth-order valence-electron chi connectivity index (χ4n) is 2.12. The van der Waals surface area contributed by atoms with E-state index in [0.29, 0.717) is 12.6 Å². The van der Waals surface area contributed by atoms with Crippen LogP contribution in [0.1, 0.15) is 0 Å². The summed E-state index contributed by atoms with van der Waals surface area (Å²) < 4.78 is 5.65. The summed E-state index contributed by atoms with van der Waals surface area (Å²) in [4.78, 5) is 11.1. The monoisotopic (exact) mass is 275 g/mol. The maximum absolute atomic E-state index is 5.65. The van der Waals surface area contributed by atoms with E-state index in [9.17, 15) is 0 Å². The Bertz CT molecular complexity index is 543. The second kappa shape index (κ2) is 6.21. The molecule has 3 rings (SSSR count). The van der Waals surface area contributed by atoms with Crippen LogP contribution in [0.5, 0.6) is 6.01 Å². The SMILES string of the molecule is c1ccc2nc(OCCN3CCSCC3)ncc2c1. The molecule has 100 valence electrons. The molecule has 19 heavy (non-hydrogen) atoms. The number of thioether (sulfide) groups is 1. The second-order valence-corrected chi connectivity index (χ2v) is 5.74. The van der Waals surface area contributed by atoms with Crippen LogP contribution in [-0.4, -0.2) is 52.6 Å². The van der Waals surface area contributed by atoms with Crippen LogP contribution in [0, 0.1) is 0 Å². The van der Waals surface area contributed by atoms with E-state index in [-0.39, 0.29) is 0 Å². The van der Waals surface area contributed by atoms with Gasteiger partial charge in [-0.15, -0.1) is 0 Å². The molecule has 1 aliphatic rings. The van der Waals surface area contributed by atoms with Crippen LogP contribution in [0.3, 0.4) is 0 Å². The van der Waals surface area contributed by atoms with E-state index in [2.05, 4.69) is 14.9 Å². The molecule has 2 heterocycles. The van der Waals surface area contributed by atoms with Gasteiger partial charge in [0.15, 0.2) is 0 Å². The number of aromatic nitrogens is 2. The smallest absolute Gasteiger partial charge is 0.316 e. The van der Waals surface area contributed by atoms with Crippen LogP contribution in [0.2, 0.25) is 0 Å². The van der Waals surface area contributed by atoms with Crippen molar-refractivity contribution in [3.63, 3.8) is 0 Å². The van der Waals surface area contributed by atoms with E-state index >= 15 is 0 Å². The lowest BCUT2D eigenvalue weighted by Crippen LogP contribution is -2.35. The van der Waals surface area contributed by atoms with Gasteiger partial charge in [0.25, 0.3) is 0 Å². The first-order chi connectivity index (χ1) is 9.42. The lowest BCUT2D eigenvalue weighted by Gasteiger charge is -2.25. The normalized spacial score (nSPS) is 16.6. The molecule has 4 nitrogen and oxygen atoms in total. The number of fused-ring (bicyclic) bond motifs is 1. The van der Waals surface area contributed by atoms with Gasteiger partial charge in [-0.3, -0.25) is 4.90 Å². The number of benzene rings is 1. The zero-order valence-electron chi connectivity index (χ0n) is 10.8. The lowest BCUT2D eigenvalue weighted by molar-refractivity contribution is 0.212. The Hall–Kier alpha value is -1.33. The standard InChI is InChI=1S/C14H17N3OS/c1-2-4-13-12(3-1)11-15-14(16-13)18-8-5-17-6-9-19-10-7-17/h1-4,11H,5-10H2. The molecular weight excluding hydrogens is 258 g/mol. The zero-order valence-corrected chi connectivity index (χ0v) is 11.6. The van der Waals surface area contributed by atoms with Crippen LogP contribution in [0.25, 0.3) is 10.9 Å². The molecular formula is C14H17N3OS. The molecule has 1 saturated heterocycles. The molecule has 0 N–H and O–H groups in total. The van der Waals surface area contributed by atoms with Crippen molar-refractivity contribution in [3.8, 4) is 6.01 Å². The van der Waals surface area contributed by atoms with Gasteiger partial charge < -0.3 is 4.74 Å². The fourth-order valence-corrected chi connectivity index (χ4v) is 3.09. The minimum absolute atomic E-state index is 0.477. The summed E-state index contributed by atoms with van der Waals surface area (Å²) in [7, 11) is 0. The third kappa shape index (κ3) is 3.36. The van der Waals surface area contributed by atoms with E-state index in [4.69, 9.17) is 4.74 Å².